The molecule has 0 unspecified atom stereocenters. The topological polar surface area (TPSA) is 26.3 Å². The summed E-state index contributed by atoms with van der Waals surface area (Å²) >= 11 is 0. The molecule has 0 saturated heterocycles. The van der Waals surface area contributed by atoms with Crippen LogP contribution in [0.15, 0.2) is 12.1 Å². The second-order valence-electron chi connectivity index (χ2n) is 4.81. The van der Waals surface area contributed by atoms with Crippen molar-refractivity contribution in [1.29, 1.82) is 0 Å². The number of ether oxygens (including phenoxy) is 1. The van der Waals surface area contributed by atoms with Crippen molar-refractivity contribution >= 4 is 5.78 Å². The lowest BCUT2D eigenvalue weighted by molar-refractivity contribution is -0.118. The normalized spacial score (nSPS) is 15.1. The number of hydrogen-bond acceptors (Lipinski definition) is 2. The molecule has 0 amide bonds. The molecule has 0 bridgehead atoms. The van der Waals surface area contributed by atoms with E-state index in [1.165, 1.54) is 6.07 Å². The first-order valence-electron chi connectivity index (χ1n) is 6.66. The van der Waals surface area contributed by atoms with Crippen molar-refractivity contribution in [2.45, 2.75) is 45.4 Å². The van der Waals surface area contributed by atoms with Crippen LogP contribution in [0.4, 0.5) is 4.39 Å². The van der Waals surface area contributed by atoms with Crippen LogP contribution in [0, 0.1) is 5.82 Å². The van der Waals surface area contributed by atoms with E-state index in [9.17, 15) is 9.18 Å². The van der Waals surface area contributed by atoms with Gasteiger partial charge in [0.15, 0.2) is 0 Å². The van der Waals surface area contributed by atoms with E-state index >= 15 is 0 Å². The molecule has 1 aromatic rings. The first kappa shape index (κ1) is 13.1. The second-order valence-corrected chi connectivity index (χ2v) is 4.81. The number of fused-ring (bicyclic) bond motifs is 1. The number of rotatable bonds is 4. The summed E-state index contributed by atoms with van der Waals surface area (Å²) in [5.41, 5.74) is 1.51. The molecule has 2 rings (SSSR count). The lowest BCUT2D eigenvalue weighted by atomic mass is 10.0. The second kappa shape index (κ2) is 5.98. The third-order valence-corrected chi connectivity index (χ3v) is 3.30. The van der Waals surface area contributed by atoms with Gasteiger partial charge in [0.2, 0.25) is 0 Å². The fraction of sp³-hybridized carbons (Fsp3) is 0.533. The zero-order chi connectivity index (χ0) is 13.0. The maximum Gasteiger partial charge on any atom is 0.137 e. The van der Waals surface area contributed by atoms with Gasteiger partial charge < -0.3 is 4.74 Å². The molecule has 0 saturated carbocycles. The lowest BCUT2D eigenvalue weighted by Crippen LogP contribution is -2.04. The summed E-state index contributed by atoms with van der Waals surface area (Å²) in [5, 5.41) is 0. The van der Waals surface area contributed by atoms with Crippen LogP contribution in [0.2, 0.25) is 0 Å². The van der Waals surface area contributed by atoms with Crippen LogP contribution >= 0.6 is 0 Å². The number of carbonyl (C=O) groups is 1. The molecular weight excluding hydrogens is 231 g/mol. The molecule has 0 fully saturated rings. The largest absolute Gasteiger partial charge is 0.493 e. The number of ketones is 1. The first-order valence-corrected chi connectivity index (χ1v) is 6.66. The Morgan fingerprint density at radius 2 is 2.17 bits per heavy atom. The number of aryl methyl sites for hydroxylation is 1. The van der Waals surface area contributed by atoms with Gasteiger partial charge in [0.05, 0.1) is 6.61 Å². The predicted octanol–water partition coefficient (Wildman–Crippen LogP) is 3.45. The van der Waals surface area contributed by atoms with Crippen molar-refractivity contribution in [3.8, 4) is 5.75 Å². The smallest absolute Gasteiger partial charge is 0.137 e. The molecule has 0 spiro atoms. The average Bonchev–Trinajstić information content (AvgIpc) is 2.51. The highest BCUT2D eigenvalue weighted by Gasteiger charge is 2.18. The van der Waals surface area contributed by atoms with E-state index in [1.54, 1.807) is 0 Å². The van der Waals surface area contributed by atoms with Crippen LogP contribution in [0.1, 0.15) is 43.7 Å². The van der Waals surface area contributed by atoms with E-state index in [-0.39, 0.29) is 18.0 Å². The van der Waals surface area contributed by atoms with Crippen LogP contribution in [-0.2, 0) is 17.6 Å². The monoisotopic (exact) mass is 250 g/mol. The number of carbonyl (C=O) groups excluding carboxylic acids is 1. The Kier molecular flexibility index (Phi) is 4.34. The van der Waals surface area contributed by atoms with E-state index in [0.29, 0.717) is 24.3 Å². The minimum Gasteiger partial charge on any atom is -0.493 e. The quantitative estimate of drug-likeness (QED) is 0.604. The summed E-state index contributed by atoms with van der Waals surface area (Å²) in [6.07, 6.45) is 4.39. The van der Waals surface area contributed by atoms with Crippen molar-refractivity contribution in [1.82, 2.24) is 0 Å². The Hall–Kier alpha value is -1.38. The Morgan fingerprint density at radius 1 is 1.33 bits per heavy atom. The van der Waals surface area contributed by atoms with Crippen LogP contribution in [0.5, 0.6) is 5.75 Å². The van der Waals surface area contributed by atoms with Gasteiger partial charge in [-0.25, -0.2) is 4.39 Å². The van der Waals surface area contributed by atoms with Gasteiger partial charge in [-0.3, -0.25) is 4.79 Å². The van der Waals surface area contributed by atoms with Gasteiger partial charge in [0.25, 0.3) is 0 Å². The summed E-state index contributed by atoms with van der Waals surface area (Å²) in [5.74, 6) is 0.426. The molecule has 0 aliphatic heterocycles. The molecule has 0 heterocycles. The van der Waals surface area contributed by atoms with E-state index in [4.69, 9.17) is 4.74 Å². The Bertz CT molecular complexity index is 440. The summed E-state index contributed by atoms with van der Waals surface area (Å²) in [6, 6.07) is 3.31. The van der Waals surface area contributed by atoms with Crippen LogP contribution in [0.25, 0.3) is 0 Å². The summed E-state index contributed by atoms with van der Waals surface area (Å²) in [6.45, 7) is 2.71. The lowest BCUT2D eigenvalue weighted by Gasteiger charge is -2.11. The van der Waals surface area contributed by atoms with Crippen molar-refractivity contribution in [2.24, 2.45) is 0 Å². The average molecular weight is 250 g/mol. The Morgan fingerprint density at radius 3 is 2.94 bits per heavy atom. The molecule has 98 valence electrons. The minimum absolute atomic E-state index is 0.132. The van der Waals surface area contributed by atoms with Gasteiger partial charge in [-0.15, -0.1) is 0 Å². The van der Waals surface area contributed by atoms with Crippen LogP contribution < -0.4 is 4.74 Å². The maximum absolute atomic E-state index is 14.0. The highest BCUT2D eigenvalue weighted by molar-refractivity contribution is 5.82. The van der Waals surface area contributed by atoms with E-state index in [1.807, 2.05) is 6.07 Å². The molecule has 2 nitrogen and oxygen atoms in total. The van der Waals surface area contributed by atoms with Gasteiger partial charge in [-0.05, 0) is 36.5 Å². The molecule has 0 atom stereocenters. The maximum atomic E-state index is 14.0. The van der Waals surface area contributed by atoms with Gasteiger partial charge >= 0.3 is 0 Å². The van der Waals surface area contributed by atoms with Gasteiger partial charge in [0, 0.05) is 18.9 Å². The zero-order valence-corrected chi connectivity index (χ0v) is 10.8. The molecule has 0 N–H and O–H groups in total. The van der Waals surface area contributed by atoms with Crippen LogP contribution in [0.3, 0.4) is 0 Å². The number of unbranched alkanes of at least 4 members (excludes halogenated alkanes) is 1. The SMILES string of the molecule is CCCCOc1cc(F)c2c(c1)CCCC(=O)C2. The van der Waals surface area contributed by atoms with E-state index in [2.05, 4.69) is 6.92 Å². The standard InChI is InChI=1S/C15H19FO2/c1-2-3-7-18-13-8-11-5-4-6-12(17)9-14(11)15(16)10-13/h8,10H,2-7,9H2,1H3. The summed E-state index contributed by atoms with van der Waals surface area (Å²) in [7, 11) is 0. The van der Waals surface area contributed by atoms with Gasteiger partial charge in [-0.1, -0.05) is 13.3 Å². The van der Waals surface area contributed by atoms with E-state index < -0.39 is 0 Å². The third-order valence-electron chi connectivity index (χ3n) is 3.30. The fourth-order valence-corrected chi connectivity index (χ4v) is 2.27. The molecule has 18 heavy (non-hydrogen) atoms. The number of halogens is 1. The van der Waals surface area contributed by atoms with Gasteiger partial charge in [0.1, 0.15) is 17.3 Å². The summed E-state index contributed by atoms with van der Waals surface area (Å²) < 4.78 is 19.5. The molecule has 0 aromatic heterocycles. The first-order chi connectivity index (χ1) is 8.70. The molecule has 0 radical (unpaired) electrons. The highest BCUT2D eigenvalue weighted by Crippen LogP contribution is 2.26. The molecule has 1 aliphatic rings. The third kappa shape index (κ3) is 3.09. The van der Waals surface area contributed by atoms with Crippen molar-refractivity contribution in [2.75, 3.05) is 6.61 Å². The molecule has 1 aliphatic carbocycles. The Balaban J connectivity index is 2.19. The number of Topliss-reactive ketones (excluding diaryl/α,β-unsaturated/α-hetero) is 1. The van der Waals surface area contributed by atoms with Crippen molar-refractivity contribution in [3.63, 3.8) is 0 Å². The molecule has 1 aromatic carbocycles. The summed E-state index contributed by atoms with van der Waals surface area (Å²) in [4.78, 5) is 11.5. The van der Waals surface area contributed by atoms with Gasteiger partial charge in [-0.2, -0.15) is 0 Å². The number of hydrogen-bond donors (Lipinski definition) is 0. The van der Waals surface area contributed by atoms with E-state index in [0.717, 1.165) is 31.2 Å². The van der Waals surface area contributed by atoms with Crippen LogP contribution in [-0.4, -0.2) is 12.4 Å². The van der Waals surface area contributed by atoms with Crippen molar-refractivity contribution < 1.29 is 13.9 Å². The zero-order valence-electron chi connectivity index (χ0n) is 10.8. The fourth-order valence-electron chi connectivity index (χ4n) is 2.27. The molecular formula is C15H19FO2. The minimum atomic E-state index is -0.297. The highest BCUT2D eigenvalue weighted by atomic mass is 19.1. The molecule has 3 heteroatoms. The predicted molar refractivity (Wildman–Crippen MR) is 68.5 cm³/mol. The Labute approximate surface area is 107 Å². The van der Waals surface area contributed by atoms with Crippen molar-refractivity contribution in [3.05, 3.63) is 29.1 Å². The number of benzene rings is 1.